The van der Waals surface area contributed by atoms with Gasteiger partial charge in [0.2, 0.25) is 11.8 Å². The van der Waals surface area contributed by atoms with Gasteiger partial charge in [-0.1, -0.05) is 112 Å². The number of nitrogens with one attached hydrogen (secondary N) is 7. The van der Waals surface area contributed by atoms with Gasteiger partial charge in [0.1, 0.15) is 66.9 Å². The minimum absolute atomic E-state index is 0.0242. The first-order valence-electron chi connectivity index (χ1n) is 29.1. The zero-order valence-electron chi connectivity index (χ0n) is 48.7. The summed E-state index contributed by atoms with van der Waals surface area (Å²) < 4.78 is 25.2. The second-order valence-electron chi connectivity index (χ2n) is 22.3. The molecule has 2 fully saturated rings. The molecular formula is C54H95N11O17. The van der Waals surface area contributed by atoms with E-state index in [0.717, 1.165) is 48.9 Å². The van der Waals surface area contributed by atoms with E-state index in [9.17, 15) is 64.2 Å². The number of likely N-dealkylation sites (N-methyl/N-ethyl adjacent to an activating group) is 1. The number of unbranched alkanes of at least 4 members (excludes halogenated alkanes) is 12. The largest absolute Gasteiger partial charge is 0.480 e. The Kier molecular flexibility index (Phi) is 29.6. The van der Waals surface area contributed by atoms with Crippen molar-refractivity contribution in [2.24, 2.45) is 22.6 Å². The van der Waals surface area contributed by atoms with E-state index in [2.05, 4.69) is 48.8 Å². The number of ether oxygens (including phenoxy) is 4. The van der Waals surface area contributed by atoms with Crippen LogP contribution in [0.4, 0.5) is 4.79 Å². The number of carboxylic acid groups (broad SMARTS) is 2. The Bertz CT molecular complexity index is 2290. The van der Waals surface area contributed by atoms with Crippen molar-refractivity contribution < 1.29 is 73.6 Å². The normalized spacial score (nSPS) is 25.0. The number of rotatable bonds is 38. The molecule has 15 N–H and O–H groups in total. The molecule has 8 unspecified atom stereocenters. The van der Waals surface area contributed by atoms with Gasteiger partial charge in [-0.15, -0.1) is 0 Å². The number of hydrogen-bond acceptors (Lipinski definition) is 20. The molecule has 28 nitrogen and oxygen atoms in total. The van der Waals surface area contributed by atoms with E-state index in [1.165, 1.54) is 45.6 Å². The number of carboxylic acids is 2. The lowest BCUT2D eigenvalue weighted by Gasteiger charge is -2.39. The standard InChI is InChI=1S/C54H95N11O17/c1-8-9-10-11-12-13-14-15-16-17-18-19-20-26-64(27-21-24-57-46(71)37(39(67)31(4)5)61-47(72)36(32-22-25-58-52(55)59-32)63-53(77)62-35(30(2)3)49(73)74)38(50(75)76)43(82-51-45(79-7)40(68)33(80-51)29-56-6)44-41(69)42(70)48(81-44)65-28-23-34(66)60-54(65)78/h23,28,30-33,35-45,48,51,56,67-70H,8-22,24-27,29H2,1-7H3,(H,57,71)(H,61,72)(H,73,74)(H,75,76)(H3,55,58,59)(H,60,66,78)(H2,62,63,77)/t32?,33-,35?,36?,37?,38?,39?,40-,41+,42-,43?,44+,45-,48-,51?/m1/s1. The lowest BCUT2D eigenvalue weighted by atomic mass is 9.96. The van der Waals surface area contributed by atoms with Crippen LogP contribution in [0.5, 0.6) is 0 Å². The van der Waals surface area contributed by atoms with Crippen LogP contribution in [0, 0.1) is 11.8 Å². The van der Waals surface area contributed by atoms with Crippen molar-refractivity contribution in [3.8, 4) is 0 Å². The summed E-state index contributed by atoms with van der Waals surface area (Å²) in [5.74, 6) is -5.67. The third-order valence-corrected chi connectivity index (χ3v) is 15.3. The molecule has 0 bridgehead atoms. The number of aliphatic carboxylic acids is 2. The summed E-state index contributed by atoms with van der Waals surface area (Å²) in [6, 6.07) is -6.98. The van der Waals surface area contributed by atoms with Crippen LogP contribution >= 0.6 is 0 Å². The fourth-order valence-electron chi connectivity index (χ4n) is 10.6. The Morgan fingerprint density at radius 1 is 0.817 bits per heavy atom. The molecule has 82 heavy (non-hydrogen) atoms. The average molecular weight is 1170 g/mol. The summed E-state index contributed by atoms with van der Waals surface area (Å²) in [4.78, 5) is 100. The number of aliphatic imine (C=N–C) groups is 1. The van der Waals surface area contributed by atoms with E-state index in [-0.39, 0.29) is 51.5 Å². The number of aliphatic hydroxyl groups is 4. The molecule has 2 saturated heterocycles. The van der Waals surface area contributed by atoms with Gasteiger partial charge < -0.3 is 87.2 Å². The molecule has 15 atom stereocenters. The summed E-state index contributed by atoms with van der Waals surface area (Å²) in [5, 5.41) is 82.9. The van der Waals surface area contributed by atoms with Crippen molar-refractivity contribution in [3.05, 3.63) is 33.1 Å². The minimum atomic E-state index is -1.90. The van der Waals surface area contributed by atoms with Gasteiger partial charge in [0.05, 0.1) is 12.1 Å². The van der Waals surface area contributed by atoms with E-state index in [1.54, 1.807) is 39.6 Å². The lowest BCUT2D eigenvalue weighted by Crippen LogP contribution is -2.66. The fraction of sp³-hybridized carbons (Fsp3) is 0.815. The fourth-order valence-corrected chi connectivity index (χ4v) is 10.6. The molecule has 4 heterocycles. The second-order valence-corrected chi connectivity index (χ2v) is 22.3. The summed E-state index contributed by atoms with van der Waals surface area (Å²) >= 11 is 0. The first-order chi connectivity index (χ1) is 39.1. The Morgan fingerprint density at radius 3 is 1.99 bits per heavy atom. The summed E-state index contributed by atoms with van der Waals surface area (Å²) in [6.45, 7) is 8.82. The van der Waals surface area contributed by atoms with Gasteiger partial charge in [0.25, 0.3) is 5.56 Å². The van der Waals surface area contributed by atoms with Gasteiger partial charge >= 0.3 is 23.7 Å². The third-order valence-electron chi connectivity index (χ3n) is 15.3. The number of guanidine groups is 1. The van der Waals surface area contributed by atoms with Crippen LogP contribution < -0.4 is 48.9 Å². The Balaban J connectivity index is 1.62. The molecular weight excluding hydrogens is 1070 g/mol. The first kappa shape index (κ1) is 69.2. The van der Waals surface area contributed by atoms with Crippen LogP contribution in [0.2, 0.25) is 0 Å². The summed E-state index contributed by atoms with van der Waals surface area (Å²) in [5.41, 5.74) is 4.21. The molecule has 1 aromatic rings. The maximum Gasteiger partial charge on any atom is 0.330 e. The number of nitrogens with zero attached hydrogens (tertiary/aromatic N) is 3. The van der Waals surface area contributed by atoms with Crippen molar-refractivity contribution in [1.82, 2.24) is 46.4 Å². The molecule has 3 aliphatic heterocycles. The number of H-pyrrole nitrogens is 1. The van der Waals surface area contributed by atoms with Crippen LogP contribution in [0.1, 0.15) is 137 Å². The topological polar surface area (TPSA) is 412 Å². The van der Waals surface area contributed by atoms with Gasteiger partial charge in [-0.05, 0) is 44.7 Å². The smallest absolute Gasteiger partial charge is 0.330 e. The van der Waals surface area contributed by atoms with Crippen LogP contribution in [0.15, 0.2) is 26.8 Å². The van der Waals surface area contributed by atoms with E-state index in [4.69, 9.17) is 24.7 Å². The number of urea groups is 1. The summed E-state index contributed by atoms with van der Waals surface area (Å²) in [6.07, 6.45) is -0.192. The van der Waals surface area contributed by atoms with Gasteiger partial charge in [-0.25, -0.2) is 14.4 Å². The van der Waals surface area contributed by atoms with Crippen molar-refractivity contribution in [2.75, 3.05) is 46.9 Å². The predicted molar refractivity (Wildman–Crippen MR) is 300 cm³/mol. The van der Waals surface area contributed by atoms with Gasteiger partial charge in [0, 0.05) is 45.6 Å². The molecule has 468 valence electrons. The number of methoxy groups -OCH3 is 1. The van der Waals surface area contributed by atoms with Crippen LogP contribution in [-0.4, -0.2) is 213 Å². The monoisotopic (exact) mass is 1170 g/mol. The average Bonchev–Trinajstić information content (AvgIpc) is 4.08. The van der Waals surface area contributed by atoms with Gasteiger partial charge in [0.15, 0.2) is 18.5 Å². The molecule has 0 saturated carbocycles. The highest BCUT2D eigenvalue weighted by molar-refractivity contribution is 5.94. The van der Waals surface area contributed by atoms with Crippen molar-refractivity contribution in [3.63, 3.8) is 0 Å². The maximum atomic E-state index is 14.2. The maximum absolute atomic E-state index is 14.2. The number of aromatic amines is 1. The van der Waals surface area contributed by atoms with Crippen molar-refractivity contribution in [1.29, 1.82) is 0 Å². The second kappa shape index (κ2) is 35.1. The molecule has 1 aromatic heterocycles. The van der Waals surface area contributed by atoms with Crippen LogP contribution in [0.25, 0.3) is 0 Å². The van der Waals surface area contributed by atoms with Gasteiger partial charge in [-0.3, -0.25) is 38.6 Å². The first-order valence-corrected chi connectivity index (χ1v) is 29.1. The molecule has 0 aromatic carbocycles. The zero-order chi connectivity index (χ0) is 60.6. The molecule has 4 rings (SSSR count). The molecule has 28 heteroatoms. The number of aliphatic hydroxyl groups excluding tert-OH is 4. The zero-order valence-corrected chi connectivity index (χ0v) is 48.7. The summed E-state index contributed by atoms with van der Waals surface area (Å²) in [7, 11) is 2.93. The Morgan fingerprint density at radius 2 is 1.44 bits per heavy atom. The molecule has 0 aliphatic carbocycles. The van der Waals surface area contributed by atoms with Crippen LogP contribution in [0.3, 0.4) is 0 Å². The van der Waals surface area contributed by atoms with Gasteiger partial charge in [-0.2, -0.15) is 0 Å². The minimum Gasteiger partial charge on any atom is -0.480 e. The number of hydrogen-bond donors (Lipinski definition) is 14. The number of carbonyl (C=O) groups excluding carboxylic acids is 3. The number of carbonyl (C=O) groups is 5. The lowest BCUT2D eigenvalue weighted by molar-refractivity contribution is -0.238. The highest BCUT2D eigenvalue weighted by Gasteiger charge is 2.55. The van der Waals surface area contributed by atoms with E-state index >= 15 is 0 Å². The number of amides is 4. The van der Waals surface area contributed by atoms with Crippen LogP contribution in [-0.2, 0) is 38.1 Å². The molecule has 0 spiro atoms. The highest BCUT2D eigenvalue weighted by Crippen LogP contribution is 2.36. The van der Waals surface area contributed by atoms with E-state index < -0.39 is 144 Å². The van der Waals surface area contributed by atoms with E-state index in [1.807, 2.05) is 0 Å². The predicted octanol–water partition coefficient (Wildman–Crippen LogP) is -0.831. The molecule has 0 radical (unpaired) electrons. The van der Waals surface area contributed by atoms with Crippen molar-refractivity contribution >= 4 is 35.7 Å². The highest BCUT2D eigenvalue weighted by atomic mass is 16.7. The quantitative estimate of drug-likeness (QED) is 0.0359. The Hall–Kier alpha value is -5.30. The van der Waals surface area contributed by atoms with E-state index in [0.29, 0.717) is 12.8 Å². The third kappa shape index (κ3) is 20.5. The Labute approximate surface area is 479 Å². The number of nitrogens with two attached hydrogens (primary N) is 1. The van der Waals surface area contributed by atoms with Crippen molar-refractivity contribution in [2.45, 2.75) is 222 Å². The SMILES string of the molecule is CCCCCCCCCCCCCCCN(CCCNC(=O)C(NC(=O)C(NC(=O)NC(C(=O)O)C(C)C)C1CCN=C(N)N1)C(O)C(C)C)C(C(=O)O)C(OC1O[C@H](CNC)[C@@H](O)[C@H]1OC)[C@H]1O[C@@H](n2ccc(=O)[nH]c2=O)[C@H](O)[C@@H]1O. The molecule has 3 aliphatic rings. The number of aromatic nitrogens is 2. The molecule has 4 amide bonds.